The van der Waals surface area contributed by atoms with Gasteiger partial charge in [-0.2, -0.15) is 0 Å². The SMILES string of the molecule is FC1=C2C=CC(=C1F)C2F.NN. The van der Waals surface area contributed by atoms with Crippen LogP contribution in [-0.2, 0) is 0 Å². The van der Waals surface area contributed by atoms with Gasteiger partial charge in [0.15, 0.2) is 17.8 Å². The van der Waals surface area contributed by atoms with Crippen LogP contribution in [-0.4, -0.2) is 6.17 Å². The minimum absolute atomic E-state index is 0.174. The predicted octanol–water partition coefficient (Wildman–Crippen LogP) is 1.17. The van der Waals surface area contributed by atoms with Gasteiger partial charge in [0, 0.05) is 11.1 Å². The fraction of sp³-hybridized carbons (Fsp3) is 0.143. The van der Waals surface area contributed by atoms with Gasteiger partial charge in [0.1, 0.15) is 0 Å². The Balaban J connectivity index is 0.000000336. The van der Waals surface area contributed by atoms with Gasteiger partial charge in [-0.15, -0.1) is 0 Å². The summed E-state index contributed by atoms with van der Waals surface area (Å²) >= 11 is 0. The van der Waals surface area contributed by atoms with Crippen molar-refractivity contribution in [3.63, 3.8) is 0 Å². The summed E-state index contributed by atoms with van der Waals surface area (Å²) in [5.74, 6) is 5.93. The van der Waals surface area contributed by atoms with Crippen LogP contribution in [0.15, 0.2) is 35.0 Å². The second-order valence-corrected chi connectivity index (χ2v) is 2.23. The molecule has 0 aromatic rings. The van der Waals surface area contributed by atoms with E-state index in [4.69, 9.17) is 0 Å². The molecule has 0 aromatic carbocycles. The van der Waals surface area contributed by atoms with E-state index in [0.29, 0.717) is 0 Å². The third-order valence-electron chi connectivity index (χ3n) is 1.69. The van der Waals surface area contributed by atoms with E-state index >= 15 is 0 Å². The van der Waals surface area contributed by atoms with Crippen molar-refractivity contribution in [2.24, 2.45) is 11.7 Å². The monoisotopic (exact) mass is 176 g/mol. The molecular formula is C7H7F3N2. The molecule has 2 aliphatic rings. The molecule has 0 saturated carbocycles. The summed E-state index contributed by atoms with van der Waals surface area (Å²) in [6.07, 6.45) is 0.969. The molecule has 0 atom stereocenters. The first-order valence-electron chi connectivity index (χ1n) is 3.17. The minimum Gasteiger partial charge on any atom is -0.274 e. The smallest absolute Gasteiger partial charge is 0.165 e. The van der Waals surface area contributed by atoms with E-state index in [9.17, 15) is 13.2 Å². The predicted molar refractivity (Wildman–Crippen MR) is 38.7 cm³/mol. The summed E-state index contributed by atoms with van der Waals surface area (Å²) in [7, 11) is 0. The average molecular weight is 176 g/mol. The van der Waals surface area contributed by atoms with E-state index in [1.165, 1.54) is 12.2 Å². The summed E-state index contributed by atoms with van der Waals surface area (Å²) < 4.78 is 37.5. The Morgan fingerprint density at radius 1 is 1.00 bits per heavy atom. The first-order chi connectivity index (χ1) is 5.72. The molecule has 0 aliphatic heterocycles. The van der Waals surface area contributed by atoms with Crippen LogP contribution in [0, 0.1) is 0 Å². The molecule has 2 aliphatic carbocycles. The maximum absolute atomic E-state index is 12.6. The molecule has 0 radical (unpaired) electrons. The van der Waals surface area contributed by atoms with Crippen molar-refractivity contribution in [2.75, 3.05) is 0 Å². The fourth-order valence-corrected chi connectivity index (χ4v) is 1.14. The minimum atomic E-state index is -1.56. The summed E-state index contributed by atoms with van der Waals surface area (Å²) in [5, 5.41) is 0. The molecule has 0 aromatic heterocycles. The number of fused-ring (bicyclic) bond motifs is 2. The van der Waals surface area contributed by atoms with Gasteiger partial charge in [0.05, 0.1) is 0 Å². The van der Waals surface area contributed by atoms with Crippen molar-refractivity contribution in [1.82, 2.24) is 0 Å². The van der Waals surface area contributed by atoms with Gasteiger partial charge in [-0.25, -0.2) is 13.2 Å². The van der Waals surface area contributed by atoms with E-state index < -0.39 is 17.8 Å². The van der Waals surface area contributed by atoms with Crippen LogP contribution in [0.4, 0.5) is 13.2 Å². The molecule has 66 valence electrons. The molecule has 0 amide bonds. The zero-order chi connectivity index (χ0) is 9.30. The Morgan fingerprint density at radius 2 is 1.33 bits per heavy atom. The standard InChI is InChI=1S/C7H3F3.H4N2/c8-5-3-1-2-4(5)7(10)6(3)9;1-2/h1-2,5H;1-2H2. The Bertz CT molecular complexity index is 258. The van der Waals surface area contributed by atoms with Gasteiger partial charge in [-0.1, -0.05) is 12.2 Å². The lowest BCUT2D eigenvalue weighted by Gasteiger charge is -1.91. The number of hydrazine groups is 1. The van der Waals surface area contributed by atoms with Gasteiger partial charge in [-0.3, -0.25) is 11.7 Å². The quantitative estimate of drug-likeness (QED) is 0.430. The van der Waals surface area contributed by atoms with Gasteiger partial charge in [0.25, 0.3) is 0 Å². The van der Waals surface area contributed by atoms with Crippen molar-refractivity contribution < 1.29 is 13.2 Å². The Labute approximate surface area is 67.0 Å². The maximum atomic E-state index is 12.6. The van der Waals surface area contributed by atoms with Gasteiger partial charge in [-0.05, 0) is 0 Å². The highest BCUT2D eigenvalue weighted by molar-refractivity contribution is 5.59. The van der Waals surface area contributed by atoms with Gasteiger partial charge >= 0.3 is 0 Å². The molecule has 0 heterocycles. The first-order valence-corrected chi connectivity index (χ1v) is 3.17. The first kappa shape index (κ1) is 9.02. The van der Waals surface area contributed by atoms with E-state index in [2.05, 4.69) is 11.7 Å². The van der Waals surface area contributed by atoms with Crippen LogP contribution in [0.5, 0.6) is 0 Å². The molecule has 0 spiro atoms. The number of hydrogen-bond donors (Lipinski definition) is 2. The van der Waals surface area contributed by atoms with Crippen LogP contribution < -0.4 is 11.7 Å². The average Bonchev–Trinajstić information content (AvgIpc) is 2.55. The van der Waals surface area contributed by atoms with Gasteiger partial charge < -0.3 is 0 Å². The zero-order valence-electron chi connectivity index (χ0n) is 6.02. The summed E-state index contributed by atoms with van der Waals surface area (Å²) in [6.45, 7) is 0. The van der Waals surface area contributed by atoms with Crippen molar-refractivity contribution in [2.45, 2.75) is 6.17 Å². The van der Waals surface area contributed by atoms with Crippen LogP contribution in [0.25, 0.3) is 0 Å². The highest BCUT2D eigenvalue weighted by atomic mass is 19.2. The van der Waals surface area contributed by atoms with E-state index in [0.717, 1.165) is 0 Å². The lowest BCUT2D eigenvalue weighted by atomic mass is 10.2. The summed E-state index contributed by atoms with van der Waals surface area (Å²) in [5.41, 5.74) is -0.347. The Hall–Kier alpha value is -1.07. The molecule has 2 rings (SSSR count). The largest absolute Gasteiger partial charge is 0.274 e. The van der Waals surface area contributed by atoms with Crippen molar-refractivity contribution in [1.29, 1.82) is 0 Å². The molecular weight excluding hydrogens is 169 g/mol. The van der Waals surface area contributed by atoms with Crippen molar-refractivity contribution in [3.8, 4) is 0 Å². The van der Waals surface area contributed by atoms with Gasteiger partial charge in [0.2, 0.25) is 0 Å². The van der Waals surface area contributed by atoms with Crippen LogP contribution in [0.2, 0.25) is 0 Å². The molecule has 4 N–H and O–H groups in total. The van der Waals surface area contributed by atoms with E-state index in [1.54, 1.807) is 0 Å². The molecule has 0 unspecified atom stereocenters. The lowest BCUT2D eigenvalue weighted by Crippen LogP contribution is -2.02. The number of alkyl halides is 1. The summed E-state index contributed by atoms with van der Waals surface area (Å²) in [6, 6.07) is 0. The zero-order valence-corrected chi connectivity index (χ0v) is 6.02. The summed E-state index contributed by atoms with van der Waals surface area (Å²) in [4.78, 5) is 0. The number of nitrogens with two attached hydrogens (primary N) is 2. The topological polar surface area (TPSA) is 52.0 Å². The third kappa shape index (κ3) is 0.981. The van der Waals surface area contributed by atoms with E-state index in [-0.39, 0.29) is 11.1 Å². The number of hydrogen-bond acceptors (Lipinski definition) is 2. The fourth-order valence-electron chi connectivity index (χ4n) is 1.14. The van der Waals surface area contributed by atoms with Crippen LogP contribution in [0.3, 0.4) is 0 Å². The lowest BCUT2D eigenvalue weighted by molar-refractivity contribution is 0.449. The number of halogens is 3. The van der Waals surface area contributed by atoms with Crippen LogP contribution in [0.1, 0.15) is 0 Å². The normalized spacial score (nSPS) is 20.4. The maximum Gasteiger partial charge on any atom is 0.165 e. The van der Waals surface area contributed by atoms with Crippen molar-refractivity contribution >= 4 is 0 Å². The molecule has 2 nitrogen and oxygen atoms in total. The molecule has 0 fully saturated rings. The van der Waals surface area contributed by atoms with Crippen LogP contribution >= 0.6 is 0 Å². The highest BCUT2D eigenvalue weighted by Crippen LogP contribution is 2.42. The Kier molecular flexibility index (Phi) is 2.35. The highest BCUT2D eigenvalue weighted by Gasteiger charge is 2.36. The molecule has 5 heteroatoms. The number of allylic oxidation sites excluding steroid dienone is 6. The molecule has 12 heavy (non-hydrogen) atoms. The third-order valence-corrected chi connectivity index (χ3v) is 1.69. The molecule has 2 bridgehead atoms. The Morgan fingerprint density at radius 3 is 1.50 bits per heavy atom. The number of rotatable bonds is 0. The molecule has 0 saturated heterocycles. The van der Waals surface area contributed by atoms with Crippen molar-refractivity contribution in [3.05, 3.63) is 35.0 Å². The second-order valence-electron chi connectivity index (χ2n) is 2.23. The van der Waals surface area contributed by atoms with E-state index in [1.807, 2.05) is 0 Å². The second kappa shape index (κ2) is 3.12.